The lowest BCUT2D eigenvalue weighted by atomic mass is 10.00. The Labute approximate surface area is 142 Å². The van der Waals surface area contributed by atoms with E-state index in [1.807, 2.05) is 32.0 Å². The van der Waals surface area contributed by atoms with E-state index >= 15 is 0 Å². The molecule has 1 fully saturated rings. The predicted molar refractivity (Wildman–Crippen MR) is 92.0 cm³/mol. The van der Waals surface area contributed by atoms with Crippen molar-refractivity contribution in [2.45, 2.75) is 58.4 Å². The largest absolute Gasteiger partial charge is 0.273 e. The van der Waals surface area contributed by atoms with Crippen molar-refractivity contribution in [3.8, 4) is 0 Å². The molecule has 0 unspecified atom stereocenters. The van der Waals surface area contributed by atoms with Crippen LogP contribution in [0.5, 0.6) is 0 Å². The van der Waals surface area contributed by atoms with Gasteiger partial charge in [-0.05, 0) is 43.4 Å². The van der Waals surface area contributed by atoms with E-state index in [9.17, 15) is 9.59 Å². The third-order valence-corrected chi connectivity index (χ3v) is 5.39. The second-order valence-electron chi connectivity index (χ2n) is 6.61. The molecule has 122 valence electrons. The number of hydrogen-bond acceptors (Lipinski definition) is 2. The van der Waals surface area contributed by atoms with Gasteiger partial charge in [-0.25, -0.2) is 0 Å². The number of imide groups is 1. The van der Waals surface area contributed by atoms with E-state index in [0.29, 0.717) is 5.57 Å². The summed E-state index contributed by atoms with van der Waals surface area (Å²) >= 11 is 6.27. The first-order valence-corrected chi connectivity index (χ1v) is 8.74. The van der Waals surface area contributed by atoms with Gasteiger partial charge in [-0.1, -0.05) is 55.5 Å². The molecule has 0 atom stereocenters. The fourth-order valence-corrected chi connectivity index (χ4v) is 3.80. The molecular weight excluding hydrogens is 310 g/mol. The summed E-state index contributed by atoms with van der Waals surface area (Å²) in [6.07, 6.45) is 6.27. The normalized spacial score (nSPS) is 20.4. The van der Waals surface area contributed by atoms with Gasteiger partial charge in [-0.2, -0.15) is 0 Å². The molecule has 1 aliphatic carbocycles. The van der Waals surface area contributed by atoms with Gasteiger partial charge in [0.1, 0.15) is 5.03 Å². The first-order chi connectivity index (χ1) is 11.0. The van der Waals surface area contributed by atoms with Gasteiger partial charge >= 0.3 is 0 Å². The minimum atomic E-state index is -0.322. The minimum absolute atomic E-state index is 0.00436. The number of halogens is 1. The van der Waals surface area contributed by atoms with Gasteiger partial charge < -0.3 is 0 Å². The molecule has 0 aromatic heterocycles. The van der Waals surface area contributed by atoms with Crippen LogP contribution in [0, 0.1) is 13.8 Å². The SMILES string of the molecule is Cc1ccc(C2=C(Cl)C(=O)N(C3CCCCCC3)C2=O)cc1C. The number of carbonyl (C=O) groups excluding carboxylic acids is 2. The van der Waals surface area contributed by atoms with Gasteiger partial charge in [0.05, 0.1) is 5.57 Å². The number of rotatable bonds is 2. The maximum absolute atomic E-state index is 12.9. The monoisotopic (exact) mass is 331 g/mol. The Morgan fingerprint density at radius 3 is 2.22 bits per heavy atom. The van der Waals surface area contributed by atoms with E-state index in [-0.39, 0.29) is 22.9 Å². The van der Waals surface area contributed by atoms with E-state index in [1.165, 1.54) is 17.7 Å². The number of aryl methyl sites for hydroxylation is 2. The standard InChI is InChI=1S/C19H22ClNO2/c1-12-9-10-14(11-13(12)2)16-17(20)19(23)21(18(16)22)15-7-5-3-4-6-8-15/h9-11,15H,3-8H2,1-2H3. The van der Waals surface area contributed by atoms with Crippen LogP contribution < -0.4 is 0 Å². The van der Waals surface area contributed by atoms with Crippen LogP contribution in [-0.4, -0.2) is 22.8 Å². The van der Waals surface area contributed by atoms with E-state index < -0.39 is 0 Å². The van der Waals surface area contributed by atoms with E-state index in [4.69, 9.17) is 11.6 Å². The Hall–Kier alpha value is -1.61. The Morgan fingerprint density at radius 2 is 1.61 bits per heavy atom. The molecule has 0 saturated heterocycles. The topological polar surface area (TPSA) is 37.4 Å². The lowest BCUT2D eigenvalue weighted by molar-refractivity contribution is -0.139. The van der Waals surface area contributed by atoms with Crippen LogP contribution in [0.15, 0.2) is 23.2 Å². The highest BCUT2D eigenvalue weighted by Crippen LogP contribution is 2.36. The van der Waals surface area contributed by atoms with Crippen LogP contribution in [0.2, 0.25) is 0 Å². The summed E-state index contributed by atoms with van der Waals surface area (Å²) < 4.78 is 0. The summed E-state index contributed by atoms with van der Waals surface area (Å²) in [4.78, 5) is 26.9. The van der Waals surface area contributed by atoms with E-state index in [2.05, 4.69) is 0 Å². The molecular formula is C19H22ClNO2. The molecule has 1 aromatic rings. The molecule has 3 nitrogen and oxygen atoms in total. The molecule has 1 aliphatic heterocycles. The minimum Gasteiger partial charge on any atom is -0.270 e. The maximum atomic E-state index is 12.9. The molecule has 23 heavy (non-hydrogen) atoms. The second-order valence-corrected chi connectivity index (χ2v) is 6.99. The lowest BCUT2D eigenvalue weighted by Gasteiger charge is -2.25. The molecule has 4 heteroatoms. The Balaban J connectivity index is 1.94. The smallest absolute Gasteiger partial charge is 0.270 e. The maximum Gasteiger partial charge on any atom is 0.273 e. The van der Waals surface area contributed by atoms with E-state index in [1.54, 1.807) is 0 Å². The van der Waals surface area contributed by atoms with Crippen LogP contribution in [-0.2, 0) is 9.59 Å². The van der Waals surface area contributed by atoms with Crippen molar-refractivity contribution in [3.05, 3.63) is 39.9 Å². The molecule has 2 aliphatic rings. The van der Waals surface area contributed by atoms with Crippen LogP contribution in [0.4, 0.5) is 0 Å². The fourth-order valence-electron chi connectivity index (χ4n) is 3.51. The second kappa shape index (κ2) is 6.48. The van der Waals surface area contributed by atoms with Gasteiger partial charge in [-0.3, -0.25) is 14.5 Å². The van der Waals surface area contributed by atoms with Crippen LogP contribution >= 0.6 is 11.6 Å². The van der Waals surface area contributed by atoms with Crippen molar-refractivity contribution < 1.29 is 9.59 Å². The van der Waals surface area contributed by atoms with Crippen molar-refractivity contribution in [2.24, 2.45) is 0 Å². The van der Waals surface area contributed by atoms with Gasteiger partial charge in [0.25, 0.3) is 11.8 Å². The Morgan fingerprint density at radius 1 is 0.957 bits per heavy atom. The molecule has 1 saturated carbocycles. The summed E-state index contributed by atoms with van der Waals surface area (Å²) in [7, 11) is 0. The summed E-state index contributed by atoms with van der Waals surface area (Å²) in [6.45, 7) is 4.02. The van der Waals surface area contributed by atoms with Crippen molar-refractivity contribution in [3.63, 3.8) is 0 Å². The summed E-state index contributed by atoms with van der Waals surface area (Å²) in [5.41, 5.74) is 3.35. The van der Waals surface area contributed by atoms with Crippen molar-refractivity contribution in [1.82, 2.24) is 4.90 Å². The predicted octanol–water partition coefficient (Wildman–Crippen LogP) is 4.34. The zero-order valence-corrected chi connectivity index (χ0v) is 14.4. The zero-order chi connectivity index (χ0) is 16.6. The first-order valence-electron chi connectivity index (χ1n) is 8.36. The lowest BCUT2D eigenvalue weighted by Crippen LogP contribution is -2.40. The number of hydrogen-bond donors (Lipinski definition) is 0. The highest BCUT2D eigenvalue weighted by molar-refractivity contribution is 6.55. The molecule has 1 aromatic carbocycles. The number of amides is 2. The molecule has 1 heterocycles. The average molecular weight is 332 g/mol. The summed E-state index contributed by atoms with van der Waals surface area (Å²) in [5, 5.41) is 0.0718. The summed E-state index contributed by atoms with van der Waals surface area (Å²) in [6, 6.07) is 5.78. The van der Waals surface area contributed by atoms with Gasteiger partial charge in [-0.15, -0.1) is 0 Å². The number of benzene rings is 1. The Bertz CT molecular complexity index is 685. The van der Waals surface area contributed by atoms with Crippen LogP contribution in [0.25, 0.3) is 5.57 Å². The fraction of sp³-hybridized carbons (Fsp3) is 0.474. The molecule has 3 rings (SSSR count). The van der Waals surface area contributed by atoms with Gasteiger partial charge in [0, 0.05) is 6.04 Å². The summed E-state index contributed by atoms with van der Waals surface area (Å²) in [5.74, 6) is -0.549. The quantitative estimate of drug-likeness (QED) is 0.597. The van der Waals surface area contributed by atoms with Crippen molar-refractivity contribution in [1.29, 1.82) is 0 Å². The van der Waals surface area contributed by atoms with Gasteiger partial charge in [0.15, 0.2) is 0 Å². The molecule has 2 amide bonds. The zero-order valence-electron chi connectivity index (χ0n) is 13.7. The third kappa shape index (κ3) is 2.94. The molecule has 0 spiro atoms. The van der Waals surface area contributed by atoms with Crippen LogP contribution in [0.1, 0.15) is 55.2 Å². The van der Waals surface area contributed by atoms with Gasteiger partial charge in [0.2, 0.25) is 0 Å². The average Bonchev–Trinajstić information content (AvgIpc) is 2.72. The third-order valence-electron chi connectivity index (χ3n) is 5.04. The highest BCUT2D eigenvalue weighted by atomic mass is 35.5. The van der Waals surface area contributed by atoms with Crippen molar-refractivity contribution >= 4 is 29.0 Å². The highest BCUT2D eigenvalue weighted by Gasteiger charge is 2.41. The number of nitrogens with zero attached hydrogens (tertiary/aromatic N) is 1. The van der Waals surface area contributed by atoms with E-state index in [0.717, 1.165) is 42.4 Å². The molecule has 0 radical (unpaired) electrons. The first kappa shape index (κ1) is 16.3. The molecule has 0 N–H and O–H groups in total. The Kier molecular flexibility index (Phi) is 4.58. The van der Waals surface area contributed by atoms with Crippen molar-refractivity contribution in [2.75, 3.05) is 0 Å². The number of carbonyl (C=O) groups is 2. The molecule has 0 bridgehead atoms. The van der Waals surface area contributed by atoms with Crippen LogP contribution in [0.3, 0.4) is 0 Å².